The highest BCUT2D eigenvalue weighted by Crippen LogP contribution is 2.17. The maximum Gasteiger partial charge on any atom is 0.254 e. The van der Waals surface area contributed by atoms with Gasteiger partial charge in [-0.2, -0.15) is 10.1 Å². The van der Waals surface area contributed by atoms with Gasteiger partial charge in [-0.1, -0.05) is 19.8 Å². The Kier molecular flexibility index (Phi) is 5.90. The van der Waals surface area contributed by atoms with Crippen molar-refractivity contribution in [3.05, 3.63) is 24.2 Å². The number of amides is 1. The van der Waals surface area contributed by atoms with E-state index in [1.54, 1.807) is 10.9 Å². The average Bonchev–Trinajstić information content (AvgIpc) is 2.99. The minimum absolute atomic E-state index is 0.288. The maximum absolute atomic E-state index is 11.5. The number of nitrogens with two attached hydrogens (primary N) is 1. The summed E-state index contributed by atoms with van der Waals surface area (Å²) in [4.78, 5) is 20.0. The van der Waals surface area contributed by atoms with E-state index in [4.69, 9.17) is 5.73 Å². The Morgan fingerprint density at radius 3 is 2.78 bits per heavy atom. The standard InChI is InChI=1S/C15H23N7O/c1-3-5-6-7-17-14-12(13(16)23)9-18-15(21-14)20-11-8-19-22(4-2)10-11/h8-10H,3-7H2,1-2H3,(H2,16,23)(H2,17,18,20,21). The van der Waals surface area contributed by atoms with Crippen LogP contribution in [0.15, 0.2) is 18.6 Å². The minimum atomic E-state index is -0.548. The van der Waals surface area contributed by atoms with E-state index in [1.165, 1.54) is 6.20 Å². The largest absolute Gasteiger partial charge is 0.369 e. The Morgan fingerprint density at radius 1 is 1.30 bits per heavy atom. The number of aryl methyl sites for hydroxylation is 1. The van der Waals surface area contributed by atoms with Crippen molar-refractivity contribution in [3.8, 4) is 0 Å². The van der Waals surface area contributed by atoms with Crippen molar-refractivity contribution < 1.29 is 4.79 Å². The van der Waals surface area contributed by atoms with Gasteiger partial charge in [0.15, 0.2) is 0 Å². The first-order valence-electron chi connectivity index (χ1n) is 7.84. The van der Waals surface area contributed by atoms with Crippen molar-refractivity contribution in [3.63, 3.8) is 0 Å². The second kappa shape index (κ2) is 8.11. The molecule has 0 saturated heterocycles. The number of primary amides is 1. The normalized spacial score (nSPS) is 10.5. The van der Waals surface area contributed by atoms with Gasteiger partial charge in [0.25, 0.3) is 5.91 Å². The molecule has 0 saturated carbocycles. The van der Waals surface area contributed by atoms with Crippen molar-refractivity contribution >= 4 is 23.4 Å². The lowest BCUT2D eigenvalue weighted by molar-refractivity contribution is 0.100. The van der Waals surface area contributed by atoms with Gasteiger partial charge in [0.1, 0.15) is 5.82 Å². The molecule has 0 atom stereocenters. The molecule has 2 rings (SSSR count). The number of carbonyl (C=O) groups is 1. The third kappa shape index (κ3) is 4.67. The SMILES string of the molecule is CCCCCNc1nc(Nc2cnn(CC)c2)ncc1C(N)=O. The molecule has 2 heterocycles. The van der Waals surface area contributed by atoms with Gasteiger partial charge in [0, 0.05) is 25.5 Å². The number of nitrogens with zero attached hydrogens (tertiary/aromatic N) is 4. The summed E-state index contributed by atoms with van der Waals surface area (Å²) >= 11 is 0. The Labute approximate surface area is 135 Å². The van der Waals surface area contributed by atoms with Gasteiger partial charge in [-0.25, -0.2) is 4.98 Å². The molecule has 2 aromatic heterocycles. The van der Waals surface area contributed by atoms with Crippen LogP contribution in [0.4, 0.5) is 17.5 Å². The summed E-state index contributed by atoms with van der Waals surface area (Å²) in [6.07, 6.45) is 8.24. The van der Waals surface area contributed by atoms with Gasteiger partial charge < -0.3 is 16.4 Å². The first-order valence-corrected chi connectivity index (χ1v) is 7.84. The second-order valence-corrected chi connectivity index (χ2v) is 5.16. The van der Waals surface area contributed by atoms with Gasteiger partial charge in [-0.15, -0.1) is 0 Å². The van der Waals surface area contributed by atoms with Crippen LogP contribution < -0.4 is 16.4 Å². The molecule has 0 bridgehead atoms. The molecule has 0 spiro atoms. The average molecular weight is 317 g/mol. The number of rotatable bonds is 9. The molecule has 0 aromatic carbocycles. The van der Waals surface area contributed by atoms with Crippen LogP contribution in [-0.2, 0) is 6.54 Å². The highest BCUT2D eigenvalue weighted by molar-refractivity contribution is 5.97. The highest BCUT2D eigenvalue weighted by atomic mass is 16.1. The molecule has 1 amide bonds. The molecule has 0 unspecified atom stereocenters. The van der Waals surface area contributed by atoms with E-state index >= 15 is 0 Å². The van der Waals surface area contributed by atoms with E-state index < -0.39 is 5.91 Å². The van der Waals surface area contributed by atoms with Crippen LogP contribution in [0.25, 0.3) is 0 Å². The molecule has 4 N–H and O–H groups in total. The monoisotopic (exact) mass is 317 g/mol. The first kappa shape index (κ1) is 16.7. The summed E-state index contributed by atoms with van der Waals surface area (Å²) in [6.45, 7) is 5.66. The predicted octanol–water partition coefficient (Wildman–Crippen LogP) is 2.14. The summed E-state index contributed by atoms with van der Waals surface area (Å²) in [5.41, 5.74) is 6.45. The van der Waals surface area contributed by atoms with Crippen molar-refractivity contribution in [2.45, 2.75) is 39.7 Å². The lowest BCUT2D eigenvalue weighted by Crippen LogP contribution is -2.17. The maximum atomic E-state index is 11.5. The first-order chi connectivity index (χ1) is 11.1. The predicted molar refractivity (Wildman–Crippen MR) is 89.7 cm³/mol. The topological polar surface area (TPSA) is 111 Å². The Morgan fingerprint density at radius 2 is 2.13 bits per heavy atom. The van der Waals surface area contributed by atoms with Crippen molar-refractivity contribution in [2.75, 3.05) is 17.2 Å². The zero-order valence-corrected chi connectivity index (χ0v) is 13.5. The highest BCUT2D eigenvalue weighted by Gasteiger charge is 2.12. The van der Waals surface area contributed by atoms with E-state index in [0.29, 0.717) is 11.8 Å². The lowest BCUT2D eigenvalue weighted by atomic mass is 10.2. The van der Waals surface area contributed by atoms with Crippen LogP contribution in [0.3, 0.4) is 0 Å². The molecule has 23 heavy (non-hydrogen) atoms. The summed E-state index contributed by atoms with van der Waals surface area (Å²) in [5.74, 6) is 0.297. The van der Waals surface area contributed by atoms with Crippen LogP contribution in [0, 0.1) is 0 Å². The van der Waals surface area contributed by atoms with Gasteiger partial charge in [-0.05, 0) is 13.3 Å². The molecule has 8 heteroatoms. The van der Waals surface area contributed by atoms with Gasteiger partial charge >= 0.3 is 0 Å². The van der Waals surface area contributed by atoms with Crippen LogP contribution in [-0.4, -0.2) is 32.2 Å². The number of nitrogens with one attached hydrogen (secondary N) is 2. The Hall–Kier alpha value is -2.64. The van der Waals surface area contributed by atoms with E-state index in [-0.39, 0.29) is 5.56 Å². The molecule has 124 valence electrons. The molecule has 2 aromatic rings. The van der Waals surface area contributed by atoms with Crippen LogP contribution in [0.1, 0.15) is 43.5 Å². The Bertz CT molecular complexity index is 653. The number of aromatic nitrogens is 4. The fourth-order valence-corrected chi connectivity index (χ4v) is 2.07. The third-order valence-electron chi connectivity index (χ3n) is 3.34. The summed E-state index contributed by atoms with van der Waals surface area (Å²) in [7, 11) is 0. The van der Waals surface area contributed by atoms with Crippen LogP contribution in [0.5, 0.6) is 0 Å². The van der Waals surface area contributed by atoms with Crippen LogP contribution in [0.2, 0.25) is 0 Å². The quantitative estimate of drug-likeness (QED) is 0.611. The number of carbonyl (C=O) groups excluding carboxylic acids is 1. The van der Waals surface area contributed by atoms with Gasteiger partial charge in [-0.3, -0.25) is 9.48 Å². The third-order valence-corrected chi connectivity index (χ3v) is 3.34. The second-order valence-electron chi connectivity index (χ2n) is 5.16. The van der Waals surface area contributed by atoms with Crippen molar-refractivity contribution in [2.24, 2.45) is 5.73 Å². The summed E-state index contributed by atoms with van der Waals surface area (Å²) < 4.78 is 1.80. The summed E-state index contributed by atoms with van der Waals surface area (Å²) in [5, 5.41) is 10.4. The number of hydrogen-bond donors (Lipinski definition) is 3. The number of anilines is 3. The van der Waals surface area contributed by atoms with Gasteiger partial charge in [0.2, 0.25) is 5.95 Å². The molecule has 0 aliphatic carbocycles. The number of hydrogen-bond acceptors (Lipinski definition) is 6. The smallest absolute Gasteiger partial charge is 0.254 e. The molecular formula is C15H23N7O. The van der Waals surface area contributed by atoms with E-state index in [1.807, 2.05) is 13.1 Å². The van der Waals surface area contributed by atoms with E-state index in [2.05, 4.69) is 32.6 Å². The Balaban J connectivity index is 2.12. The number of unbranched alkanes of at least 4 members (excludes halogenated alkanes) is 2. The van der Waals surface area contributed by atoms with Crippen molar-refractivity contribution in [1.29, 1.82) is 0 Å². The molecule has 0 radical (unpaired) electrons. The van der Waals surface area contributed by atoms with Gasteiger partial charge in [0.05, 0.1) is 17.4 Å². The zero-order chi connectivity index (χ0) is 16.7. The lowest BCUT2D eigenvalue weighted by Gasteiger charge is -2.10. The molecule has 8 nitrogen and oxygen atoms in total. The van der Waals surface area contributed by atoms with E-state index in [9.17, 15) is 4.79 Å². The minimum Gasteiger partial charge on any atom is -0.369 e. The molecule has 0 fully saturated rings. The molecular weight excluding hydrogens is 294 g/mol. The fraction of sp³-hybridized carbons (Fsp3) is 0.467. The van der Waals surface area contributed by atoms with Crippen LogP contribution >= 0.6 is 0 Å². The van der Waals surface area contributed by atoms with Crippen molar-refractivity contribution in [1.82, 2.24) is 19.7 Å². The summed E-state index contributed by atoms with van der Waals surface area (Å²) in [6, 6.07) is 0. The zero-order valence-electron chi connectivity index (χ0n) is 13.5. The fourth-order valence-electron chi connectivity index (χ4n) is 2.07. The molecule has 0 aliphatic heterocycles. The molecule has 0 aliphatic rings. The van der Waals surface area contributed by atoms with E-state index in [0.717, 1.165) is 38.0 Å².